The van der Waals surface area contributed by atoms with Gasteiger partial charge < -0.3 is 0 Å². The molecule has 0 bridgehead atoms. The molecule has 1 heterocycles. The standard InChI is InChI=1S/C13H9NS/c14-9-10-6-7-13(12(8-10)15-13)11-4-2-1-3-5-11/h1-8,12H. The molecule has 2 atom stereocenters. The minimum absolute atomic E-state index is 0.127. The molecule has 2 heteroatoms. The maximum atomic E-state index is 8.80. The van der Waals surface area contributed by atoms with Crippen molar-refractivity contribution in [1.82, 2.24) is 0 Å². The smallest absolute Gasteiger partial charge is 0.0988 e. The molecule has 0 spiro atoms. The molecule has 1 nitrogen and oxygen atoms in total. The average Bonchev–Trinajstić information content (AvgIpc) is 3.04. The van der Waals surface area contributed by atoms with Gasteiger partial charge >= 0.3 is 0 Å². The third kappa shape index (κ3) is 1.24. The fraction of sp³-hybridized carbons (Fsp3) is 0.154. The van der Waals surface area contributed by atoms with Crippen LogP contribution in [0.4, 0.5) is 0 Å². The summed E-state index contributed by atoms with van der Waals surface area (Å²) in [7, 11) is 0. The predicted octanol–water partition coefficient (Wildman–Crippen LogP) is 3.02. The first-order chi connectivity index (χ1) is 7.35. The molecular weight excluding hydrogens is 202 g/mol. The van der Waals surface area contributed by atoms with Gasteiger partial charge in [-0.25, -0.2) is 0 Å². The Morgan fingerprint density at radius 1 is 1.27 bits per heavy atom. The van der Waals surface area contributed by atoms with Crippen LogP contribution in [0.3, 0.4) is 0 Å². The SMILES string of the molecule is N#CC1=CC2SC2(c2ccccc2)C=C1. The summed E-state index contributed by atoms with van der Waals surface area (Å²) >= 11 is 1.90. The van der Waals surface area contributed by atoms with Crippen molar-refractivity contribution in [2.45, 2.75) is 10.00 Å². The summed E-state index contributed by atoms with van der Waals surface area (Å²) < 4.78 is 0.127. The van der Waals surface area contributed by atoms with Gasteiger partial charge in [0, 0.05) is 10.8 Å². The monoisotopic (exact) mass is 211 g/mol. The van der Waals surface area contributed by atoms with E-state index in [1.165, 1.54) is 5.56 Å². The van der Waals surface area contributed by atoms with Gasteiger partial charge in [-0.05, 0) is 11.6 Å². The Morgan fingerprint density at radius 3 is 2.73 bits per heavy atom. The van der Waals surface area contributed by atoms with E-state index in [0.717, 1.165) is 5.57 Å². The van der Waals surface area contributed by atoms with Crippen LogP contribution in [0.1, 0.15) is 5.56 Å². The van der Waals surface area contributed by atoms with E-state index in [1.54, 1.807) is 0 Å². The second-order valence-corrected chi connectivity index (χ2v) is 5.18. The molecule has 15 heavy (non-hydrogen) atoms. The van der Waals surface area contributed by atoms with E-state index in [2.05, 4.69) is 42.5 Å². The maximum absolute atomic E-state index is 8.80. The Labute approximate surface area is 93.1 Å². The lowest BCUT2D eigenvalue weighted by Gasteiger charge is -2.12. The van der Waals surface area contributed by atoms with Gasteiger partial charge in [-0.2, -0.15) is 5.26 Å². The molecule has 0 radical (unpaired) electrons. The van der Waals surface area contributed by atoms with Crippen molar-refractivity contribution in [3.8, 4) is 6.07 Å². The summed E-state index contributed by atoms with van der Waals surface area (Å²) in [5.41, 5.74) is 2.13. The topological polar surface area (TPSA) is 23.8 Å². The summed E-state index contributed by atoms with van der Waals surface area (Å²) in [4.78, 5) is 0. The lowest BCUT2D eigenvalue weighted by molar-refractivity contribution is 0.900. The quantitative estimate of drug-likeness (QED) is 0.667. The average molecular weight is 211 g/mol. The van der Waals surface area contributed by atoms with Crippen LogP contribution < -0.4 is 0 Å². The number of nitrogens with zero attached hydrogens (tertiary/aromatic N) is 1. The van der Waals surface area contributed by atoms with Gasteiger partial charge in [-0.1, -0.05) is 42.5 Å². The number of rotatable bonds is 1. The van der Waals surface area contributed by atoms with Crippen LogP contribution in [-0.4, -0.2) is 5.25 Å². The van der Waals surface area contributed by atoms with E-state index >= 15 is 0 Å². The minimum atomic E-state index is 0.127. The number of thioether (sulfide) groups is 1. The lowest BCUT2D eigenvalue weighted by Crippen LogP contribution is -2.10. The molecule has 2 unspecified atom stereocenters. The number of fused-ring (bicyclic) bond motifs is 1. The fourth-order valence-electron chi connectivity index (χ4n) is 2.00. The Balaban J connectivity index is 1.98. The van der Waals surface area contributed by atoms with Gasteiger partial charge in [-0.3, -0.25) is 0 Å². The molecule has 1 aromatic rings. The third-order valence-corrected chi connectivity index (χ3v) is 4.41. The third-order valence-electron chi connectivity index (χ3n) is 2.88. The molecule has 72 valence electrons. The molecule has 1 aliphatic heterocycles. The second kappa shape index (κ2) is 3.01. The van der Waals surface area contributed by atoms with Gasteiger partial charge in [0.05, 0.1) is 10.8 Å². The summed E-state index contributed by atoms with van der Waals surface area (Å²) in [6.45, 7) is 0. The number of benzene rings is 1. The first kappa shape index (κ1) is 8.82. The highest BCUT2D eigenvalue weighted by Gasteiger charge is 2.54. The summed E-state index contributed by atoms with van der Waals surface area (Å²) in [5.74, 6) is 0. The van der Waals surface area contributed by atoms with Crippen molar-refractivity contribution < 1.29 is 0 Å². The highest BCUT2D eigenvalue weighted by atomic mass is 32.2. The molecule has 0 amide bonds. The first-order valence-corrected chi connectivity index (χ1v) is 5.78. The van der Waals surface area contributed by atoms with E-state index in [4.69, 9.17) is 5.26 Å². The molecule has 1 fully saturated rings. The molecule has 0 aromatic heterocycles. The zero-order valence-electron chi connectivity index (χ0n) is 8.05. The van der Waals surface area contributed by atoms with E-state index < -0.39 is 0 Å². The normalized spacial score (nSPS) is 31.4. The van der Waals surface area contributed by atoms with Crippen LogP contribution >= 0.6 is 11.8 Å². The van der Waals surface area contributed by atoms with Crippen LogP contribution in [0, 0.1) is 11.3 Å². The van der Waals surface area contributed by atoms with Crippen molar-refractivity contribution in [3.05, 3.63) is 59.7 Å². The lowest BCUT2D eigenvalue weighted by atomic mass is 9.90. The highest BCUT2D eigenvalue weighted by Crippen LogP contribution is 2.64. The van der Waals surface area contributed by atoms with Gasteiger partial charge in [0.1, 0.15) is 0 Å². The van der Waals surface area contributed by atoms with Crippen molar-refractivity contribution in [2.24, 2.45) is 0 Å². The largest absolute Gasteiger partial charge is 0.192 e. The van der Waals surface area contributed by atoms with Crippen LogP contribution in [0.15, 0.2) is 54.1 Å². The number of allylic oxidation sites excluding steroid dienone is 2. The highest BCUT2D eigenvalue weighted by molar-refractivity contribution is 8.08. The van der Waals surface area contributed by atoms with Gasteiger partial charge in [-0.15, -0.1) is 11.8 Å². The summed E-state index contributed by atoms with van der Waals surface area (Å²) in [6, 6.07) is 12.7. The van der Waals surface area contributed by atoms with E-state index in [0.29, 0.717) is 5.25 Å². The summed E-state index contributed by atoms with van der Waals surface area (Å²) in [6.07, 6.45) is 6.16. The molecule has 0 saturated carbocycles. The van der Waals surface area contributed by atoms with Crippen molar-refractivity contribution >= 4 is 11.8 Å². The molecule has 1 saturated heterocycles. The van der Waals surface area contributed by atoms with Gasteiger partial charge in [0.2, 0.25) is 0 Å². The zero-order chi connectivity index (χ0) is 10.3. The van der Waals surface area contributed by atoms with Crippen molar-refractivity contribution in [2.75, 3.05) is 0 Å². The maximum Gasteiger partial charge on any atom is 0.0988 e. The Hall–Kier alpha value is -1.46. The Kier molecular flexibility index (Phi) is 1.77. The zero-order valence-corrected chi connectivity index (χ0v) is 8.87. The molecule has 2 aliphatic rings. The number of hydrogen-bond donors (Lipinski definition) is 0. The number of nitriles is 1. The summed E-state index contributed by atoms with van der Waals surface area (Å²) in [5, 5.41) is 9.26. The minimum Gasteiger partial charge on any atom is -0.192 e. The molecule has 0 N–H and O–H groups in total. The molecular formula is C13H9NS. The van der Waals surface area contributed by atoms with Crippen LogP contribution in [0.25, 0.3) is 0 Å². The van der Waals surface area contributed by atoms with Crippen LogP contribution in [0.5, 0.6) is 0 Å². The molecule has 1 aliphatic carbocycles. The number of hydrogen-bond acceptors (Lipinski definition) is 2. The van der Waals surface area contributed by atoms with Crippen LogP contribution in [0.2, 0.25) is 0 Å². The first-order valence-electron chi connectivity index (χ1n) is 4.90. The van der Waals surface area contributed by atoms with Crippen molar-refractivity contribution in [3.63, 3.8) is 0 Å². The molecule has 3 rings (SSSR count). The second-order valence-electron chi connectivity index (χ2n) is 3.76. The van der Waals surface area contributed by atoms with E-state index in [9.17, 15) is 0 Å². The predicted molar refractivity (Wildman–Crippen MR) is 62.3 cm³/mol. The molecule has 1 aromatic carbocycles. The van der Waals surface area contributed by atoms with E-state index in [1.807, 2.05) is 23.9 Å². The Bertz CT molecular complexity index is 495. The van der Waals surface area contributed by atoms with Crippen LogP contribution in [-0.2, 0) is 4.75 Å². The van der Waals surface area contributed by atoms with E-state index in [-0.39, 0.29) is 4.75 Å². The Morgan fingerprint density at radius 2 is 2.07 bits per heavy atom. The van der Waals surface area contributed by atoms with Gasteiger partial charge in [0.25, 0.3) is 0 Å². The van der Waals surface area contributed by atoms with Gasteiger partial charge in [0.15, 0.2) is 0 Å². The van der Waals surface area contributed by atoms with Crippen molar-refractivity contribution in [1.29, 1.82) is 5.26 Å². The fourth-order valence-corrected chi connectivity index (χ4v) is 3.27.